The minimum Gasteiger partial charge on any atom is -0.379 e. The van der Waals surface area contributed by atoms with Gasteiger partial charge in [-0.2, -0.15) is 4.98 Å². The number of aromatic nitrogens is 2. The zero-order valence-electron chi connectivity index (χ0n) is 10.1. The Morgan fingerprint density at radius 2 is 2.47 bits per heavy atom. The summed E-state index contributed by atoms with van der Waals surface area (Å²) in [6, 6.07) is 0.344. The third-order valence-electron chi connectivity index (χ3n) is 2.85. The minimum atomic E-state index is 0.344. The molecule has 1 aromatic heterocycles. The van der Waals surface area contributed by atoms with E-state index in [4.69, 9.17) is 16.3 Å². The lowest BCUT2D eigenvalue weighted by atomic mass is 10.2. The van der Waals surface area contributed by atoms with Crippen LogP contribution in [-0.4, -0.2) is 42.8 Å². The highest BCUT2D eigenvalue weighted by atomic mass is 35.5. The van der Waals surface area contributed by atoms with E-state index in [1.54, 1.807) is 6.20 Å². The summed E-state index contributed by atoms with van der Waals surface area (Å²) < 4.78 is 5.37. The van der Waals surface area contributed by atoms with Gasteiger partial charge in [-0.1, -0.05) is 11.6 Å². The molecule has 0 saturated carbocycles. The zero-order chi connectivity index (χ0) is 12.3. The molecule has 1 aromatic rings. The molecular formula is C11H17ClN4O. The smallest absolute Gasteiger partial charge is 0.224 e. The normalized spacial score (nSPS) is 19.4. The number of hydrogen-bond acceptors (Lipinski definition) is 5. The average molecular weight is 257 g/mol. The van der Waals surface area contributed by atoms with E-state index in [-0.39, 0.29) is 0 Å². The maximum atomic E-state index is 6.13. The molecule has 1 aliphatic heterocycles. The van der Waals surface area contributed by atoms with Crippen molar-refractivity contribution in [1.82, 2.24) is 9.97 Å². The maximum Gasteiger partial charge on any atom is 0.224 e. The molecule has 0 aromatic carbocycles. The SMILES string of the molecule is CCNc1ncc(Cl)c(N(C)C2CCOC2)n1. The van der Waals surface area contributed by atoms with Gasteiger partial charge >= 0.3 is 0 Å². The van der Waals surface area contributed by atoms with E-state index in [0.29, 0.717) is 17.0 Å². The summed E-state index contributed by atoms with van der Waals surface area (Å²) in [7, 11) is 1.99. The van der Waals surface area contributed by atoms with Crippen molar-refractivity contribution < 1.29 is 4.74 Å². The molecule has 1 saturated heterocycles. The van der Waals surface area contributed by atoms with Gasteiger partial charge < -0.3 is 15.0 Å². The van der Waals surface area contributed by atoms with Gasteiger partial charge in [-0.05, 0) is 13.3 Å². The van der Waals surface area contributed by atoms with Gasteiger partial charge in [-0.25, -0.2) is 4.98 Å². The predicted octanol–water partition coefficient (Wildman–Crippen LogP) is 1.79. The summed E-state index contributed by atoms with van der Waals surface area (Å²) in [4.78, 5) is 10.6. The Morgan fingerprint density at radius 3 is 3.12 bits per heavy atom. The Labute approximate surface area is 106 Å². The first kappa shape index (κ1) is 12.4. The average Bonchev–Trinajstić information content (AvgIpc) is 2.85. The lowest BCUT2D eigenvalue weighted by Gasteiger charge is -2.25. The van der Waals surface area contributed by atoms with E-state index in [2.05, 4.69) is 20.2 Å². The fraction of sp³-hybridized carbons (Fsp3) is 0.636. The zero-order valence-corrected chi connectivity index (χ0v) is 10.9. The van der Waals surface area contributed by atoms with E-state index < -0.39 is 0 Å². The highest BCUT2D eigenvalue weighted by Crippen LogP contribution is 2.26. The number of likely N-dealkylation sites (N-methyl/N-ethyl adjacent to an activating group) is 1. The van der Waals surface area contributed by atoms with Crippen LogP contribution in [0.4, 0.5) is 11.8 Å². The fourth-order valence-corrected chi connectivity index (χ4v) is 2.07. The molecule has 6 heteroatoms. The number of nitrogens with one attached hydrogen (secondary N) is 1. The second-order valence-electron chi connectivity index (χ2n) is 4.02. The molecule has 1 unspecified atom stereocenters. The van der Waals surface area contributed by atoms with E-state index in [1.165, 1.54) is 0 Å². The standard InChI is InChI=1S/C11H17ClN4O/c1-3-13-11-14-6-9(12)10(15-11)16(2)8-4-5-17-7-8/h6,8H,3-5,7H2,1-2H3,(H,13,14,15). The van der Waals surface area contributed by atoms with E-state index in [9.17, 15) is 0 Å². The van der Waals surface area contributed by atoms with Crippen molar-refractivity contribution in [2.24, 2.45) is 0 Å². The predicted molar refractivity (Wildman–Crippen MR) is 68.8 cm³/mol. The number of anilines is 2. The Balaban J connectivity index is 2.19. The highest BCUT2D eigenvalue weighted by Gasteiger charge is 2.23. The molecule has 2 rings (SSSR count). The lowest BCUT2D eigenvalue weighted by Crippen LogP contribution is -2.32. The van der Waals surface area contributed by atoms with Crippen LogP contribution in [0.3, 0.4) is 0 Å². The Morgan fingerprint density at radius 1 is 1.65 bits per heavy atom. The van der Waals surface area contributed by atoms with Crippen molar-refractivity contribution in [2.45, 2.75) is 19.4 Å². The maximum absolute atomic E-state index is 6.13. The summed E-state index contributed by atoms with van der Waals surface area (Å²) in [6.45, 7) is 4.33. The van der Waals surface area contributed by atoms with Crippen LogP contribution in [0.15, 0.2) is 6.20 Å². The third kappa shape index (κ3) is 2.79. The second kappa shape index (κ2) is 5.51. The molecule has 0 aliphatic carbocycles. The molecule has 1 atom stereocenters. The summed E-state index contributed by atoms with van der Waals surface area (Å²) >= 11 is 6.13. The molecular weight excluding hydrogens is 240 g/mol. The van der Waals surface area contributed by atoms with Crippen LogP contribution in [0.2, 0.25) is 5.02 Å². The van der Waals surface area contributed by atoms with Crippen molar-refractivity contribution in [3.05, 3.63) is 11.2 Å². The highest BCUT2D eigenvalue weighted by molar-refractivity contribution is 6.32. The molecule has 94 valence electrons. The Bertz CT molecular complexity index is 382. The Kier molecular flexibility index (Phi) is 4.02. The Hall–Kier alpha value is -1.07. The van der Waals surface area contributed by atoms with Gasteiger partial charge in [-0.3, -0.25) is 0 Å². The van der Waals surface area contributed by atoms with Crippen LogP contribution < -0.4 is 10.2 Å². The summed E-state index contributed by atoms with van der Waals surface area (Å²) in [5.41, 5.74) is 0. The van der Waals surface area contributed by atoms with Gasteiger partial charge in [-0.15, -0.1) is 0 Å². The summed E-state index contributed by atoms with van der Waals surface area (Å²) in [6.07, 6.45) is 2.64. The van der Waals surface area contributed by atoms with Gasteiger partial charge in [0.25, 0.3) is 0 Å². The van der Waals surface area contributed by atoms with Crippen LogP contribution in [0.25, 0.3) is 0 Å². The van der Waals surface area contributed by atoms with Crippen LogP contribution in [0.1, 0.15) is 13.3 Å². The van der Waals surface area contributed by atoms with Gasteiger partial charge in [0.1, 0.15) is 5.02 Å². The minimum absolute atomic E-state index is 0.344. The van der Waals surface area contributed by atoms with Gasteiger partial charge in [0.2, 0.25) is 5.95 Å². The molecule has 1 N–H and O–H groups in total. The van der Waals surface area contributed by atoms with E-state index in [0.717, 1.165) is 32.0 Å². The fourth-order valence-electron chi connectivity index (χ4n) is 1.85. The summed E-state index contributed by atoms with van der Waals surface area (Å²) in [5.74, 6) is 1.37. The second-order valence-corrected chi connectivity index (χ2v) is 4.43. The van der Waals surface area contributed by atoms with Crippen LogP contribution in [0.5, 0.6) is 0 Å². The van der Waals surface area contributed by atoms with Crippen LogP contribution in [0, 0.1) is 0 Å². The molecule has 17 heavy (non-hydrogen) atoms. The number of halogens is 1. The largest absolute Gasteiger partial charge is 0.379 e. The topological polar surface area (TPSA) is 50.3 Å². The monoisotopic (exact) mass is 256 g/mol. The van der Waals surface area contributed by atoms with Crippen molar-refractivity contribution in [1.29, 1.82) is 0 Å². The molecule has 1 aliphatic rings. The first-order chi connectivity index (χ1) is 8.22. The molecule has 0 spiro atoms. The lowest BCUT2D eigenvalue weighted by molar-refractivity contribution is 0.193. The quantitative estimate of drug-likeness (QED) is 0.890. The van der Waals surface area contributed by atoms with E-state index >= 15 is 0 Å². The van der Waals surface area contributed by atoms with Crippen molar-refractivity contribution in [2.75, 3.05) is 37.0 Å². The van der Waals surface area contributed by atoms with E-state index in [1.807, 2.05) is 14.0 Å². The number of rotatable bonds is 4. The molecule has 0 radical (unpaired) electrons. The summed E-state index contributed by atoms with van der Waals surface area (Å²) in [5, 5.41) is 3.65. The van der Waals surface area contributed by atoms with Crippen LogP contribution in [-0.2, 0) is 4.74 Å². The van der Waals surface area contributed by atoms with Gasteiger partial charge in [0.05, 0.1) is 18.8 Å². The van der Waals surface area contributed by atoms with Gasteiger partial charge in [0, 0.05) is 20.2 Å². The number of hydrogen-bond donors (Lipinski definition) is 1. The van der Waals surface area contributed by atoms with Crippen molar-refractivity contribution in [3.63, 3.8) is 0 Å². The number of ether oxygens (including phenoxy) is 1. The molecule has 0 amide bonds. The molecule has 1 fully saturated rings. The first-order valence-corrected chi connectivity index (χ1v) is 6.17. The van der Waals surface area contributed by atoms with Crippen molar-refractivity contribution in [3.8, 4) is 0 Å². The third-order valence-corrected chi connectivity index (χ3v) is 3.11. The molecule has 2 heterocycles. The first-order valence-electron chi connectivity index (χ1n) is 5.79. The van der Waals surface area contributed by atoms with Crippen molar-refractivity contribution >= 4 is 23.4 Å². The molecule has 5 nitrogen and oxygen atoms in total. The van der Waals surface area contributed by atoms with Gasteiger partial charge in [0.15, 0.2) is 5.82 Å². The molecule has 0 bridgehead atoms. The van der Waals surface area contributed by atoms with Crippen LogP contribution >= 0.6 is 11.6 Å². The number of nitrogens with zero attached hydrogens (tertiary/aromatic N) is 3.